The second-order valence-electron chi connectivity index (χ2n) is 16.3. The van der Waals surface area contributed by atoms with Crippen molar-refractivity contribution in [3.05, 3.63) is 72.9 Å². The van der Waals surface area contributed by atoms with Crippen molar-refractivity contribution in [3.63, 3.8) is 0 Å². The Hall–Kier alpha value is -3.23. The van der Waals surface area contributed by atoms with E-state index in [4.69, 9.17) is 14.2 Å². The van der Waals surface area contributed by atoms with E-state index in [1.165, 1.54) is 64.2 Å². The van der Waals surface area contributed by atoms with E-state index >= 15 is 0 Å². The number of carboxylic acids is 1. The standard InChI is InChI=1S/C50H85NO7/c1-6-8-10-12-14-16-18-20-22-23-24-25-27-29-31-33-35-37-39-41-49(53)58-46(44-56-43-42-47(50(54)55)51(3,4)5)45-57-48(52)40-38-36-34-32-30-28-26-21-19-17-15-13-11-9-7-2/h8,10,14,16-17,19-20,22,24-25,29,31,46-47H,6-7,9,11-13,15,18,21,23,26-28,30,32-45H2,1-5H3/p+1/b10-8+,16-14+,19-17+,22-20+,25-24+,31-29+. The fourth-order valence-electron chi connectivity index (χ4n) is 6.29. The largest absolute Gasteiger partial charge is 0.477 e. The Bertz CT molecular complexity index is 1180. The number of likely N-dealkylation sites (N-methyl/N-ethyl adjacent to an activating group) is 1. The lowest BCUT2D eigenvalue weighted by molar-refractivity contribution is -0.887. The van der Waals surface area contributed by atoms with Gasteiger partial charge in [-0.2, -0.15) is 0 Å². The normalized spacial score (nSPS) is 13.6. The predicted octanol–water partition coefficient (Wildman–Crippen LogP) is 12.7. The molecule has 0 aromatic rings. The van der Waals surface area contributed by atoms with E-state index in [2.05, 4.69) is 86.8 Å². The van der Waals surface area contributed by atoms with Crippen molar-refractivity contribution in [1.82, 2.24) is 0 Å². The smallest absolute Gasteiger partial charge is 0.362 e. The summed E-state index contributed by atoms with van der Waals surface area (Å²) in [6, 6.07) is -0.625. The first-order valence-corrected chi connectivity index (χ1v) is 23.0. The average molecular weight is 813 g/mol. The van der Waals surface area contributed by atoms with Crippen LogP contribution >= 0.6 is 0 Å². The minimum atomic E-state index is -0.884. The highest BCUT2D eigenvalue weighted by molar-refractivity contribution is 5.72. The van der Waals surface area contributed by atoms with Gasteiger partial charge in [0.25, 0.3) is 0 Å². The number of rotatable bonds is 40. The van der Waals surface area contributed by atoms with Crippen molar-refractivity contribution in [2.45, 2.75) is 187 Å². The monoisotopic (exact) mass is 813 g/mol. The van der Waals surface area contributed by atoms with Crippen LogP contribution < -0.4 is 0 Å². The van der Waals surface area contributed by atoms with Crippen LogP contribution in [0.2, 0.25) is 0 Å². The third kappa shape index (κ3) is 38.3. The maximum Gasteiger partial charge on any atom is 0.362 e. The highest BCUT2D eigenvalue weighted by Gasteiger charge is 2.31. The van der Waals surface area contributed by atoms with Crippen LogP contribution in [-0.2, 0) is 28.6 Å². The number of carbonyl (C=O) groups excluding carboxylic acids is 2. The van der Waals surface area contributed by atoms with Gasteiger partial charge >= 0.3 is 17.9 Å². The van der Waals surface area contributed by atoms with E-state index in [0.29, 0.717) is 12.8 Å². The number of allylic oxidation sites excluding steroid dienone is 12. The summed E-state index contributed by atoms with van der Waals surface area (Å²) in [5, 5.41) is 9.63. The van der Waals surface area contributed by atoms with Crippen LogP contribution in [0.4, 0.5) is 0 Å². The van der Waals surface area contributed by atoms with Gasteiger partial charge in [0.2, 0.25) is 0 Å². The molecule has 0 saturated heterocycles. The third-order valence-electron chi connectivity index (χ3n) is 9.84. The van der Waals surface area contributed by atoms with Crippen molar-refractivity contribution in [3.8, 4) is 0 Å². The Balaban J connectivity index is 4.41. The van der Waals surface area contributed by atoms with Gasteiger partial charge in [-0.15, -0.1) is 0 Å². The van der Waals surface area contributed by atoms with Gasteiger partial charge in [-0.3, -0.25) is 9.59 Å². The molecule has 0 amide bonds. The zero-order valence-electron chi connectivity index (χ0n) is 37.7. The number of quaternary nitrogens is 1. The first-order chi connectivity index (χ1) is 28.1. The number of hydrogen-bond donors (Lipinski definition) is 1. The number of hydrogen-bond acceptors (Lipinski definition) is 6. The molecule has 0 aliphatic rings. The molecule has 1 N–H and O–H groups in total. The van der Waals surface area contributed by atoms with E-state index in [-0.39, 0.29) is 42.7 Å². The fraction of sp³-hybridized carbons (Fsp3) is 0.700. The van der Waals surface area contributed by atoms with Gasteiger partial charge in [0, 0.05) is 19.3 Å². The molecule has 58 heavy (non-hydrogen) atoms. The lowest BCUT2D eigenvalue weighted by Crippen LogP contribution is -2.50. The molecule has 0 aliphatic heterocycles. The van der Waals surface area contributed by atoms with Crippen LogP contribution in [0.3, 0.4) is 0 Å². The van der Waals surface area contributed by atoms with Gasteiger partial charge in [0.15, 0.2) is 12.1 Å². The maximum atomic E-state index is 12.7. The van der Waals surface area contributed by atoms with Crippen molar-refractivity contribution in [2.75, 3.05) is 41.0 Å². The molecule has 0 aromatic carbocycles. The molecule has 0 saturated carbocycles. The summed E-state index contributed by atoms with van der Waals surface area (Å²) in [5.74, 6) is -1.52. The summed E-state index contributed by atoms with van der Waals surface area (Å²) in [5.41, 5.74) is 0. The first kappa shape index (κ1) is 54.8. The fourth-order valence-corrected chi connectivity index (χ4v) is 6.29. The quantitative estimate of drug-likeness (QED) is 0.0285. The van der Waals surface area contributed by atoms with Crippen LogP contribution in [0.1, 0.15) is 174 Å². The summed E-state index contributed by atoms with van der Waals surface area (Å²) >= 11 is 0. The minimum Gasteiger partial charge on any atom is -0.477 e. The summed E-state index contributed by atoms with van der Waals surface area (Å²) in [7, 11) is 5.51. The number of unbranched alkanes of at least 4 members (excludes halogenated alkanes) is 14. The third-order valence-corrected chi connectivity index (χ3v) is 9.84. The number of carbonyl (C=O) groups is 3. The molecule has 0 fully saturated rings. The highest BCUT2D eigenvalue weighted by Crippen LogP contribution is 2.13. The van der Waals surface area contributed by atoms with Gasteiger partial charge in [-0.25, -0.2) is 4.79 Å². The number of carboxylic acid groups (broad SMARTS) is 1. The van der Waals surface area contributed by atoms with Crippen LogP contribution in [-0.4, -0.2) is 80.6 Å². The molecule has 0 spiro atoms. The highest BCUT2D eigenvalue weighted by atomic mass is 16.6. The number of nitrogens with zero attached hydrogens (tertiary/aromatic N) is 1. The Morgan fingerprint density at radius 2 is 0.966 bits per heavy atom. The second kappa shape index (κ2) is 40.5. The molecule has 8 heteroatoms. The van der Waals surface area contributed by atoms with Crippen LogP contribution in [0.25, 0.3) is 0 Å². The summed E-state index contributed by atoms with van der Waals surface area (Å²) in [6.45, 7) is 4.56. The van der Waals surface area contributed by atoms with Crippen molar-refractivity contribution >= 4 is 17.9 Å². The second-order valence-corrected chi connectivity index (χ2v) is 16.3. The first-order valence-electron chi connectivity index (χ1n) is 23.0. The van der Waals surface area contributed by atoms with E-state index in [1.807, 2.05) is 21.1 Å². The van der Waals surface area contributed by atoms with Crippen LogP contribution in [0, 0.1) is 0 Å². The molecule has 0 heterocycles. The van der Waals surface area contributed by atoms with Crippen LogP contribution in [0.5, 0.6) is 0 Å². The Labute approximate surface area is 355 Å². The maximum absolute atomic E-state index is 12.7. The summed E-state index contributed by atoms with van der Waals surface area (Å²) in [4.78, 5) is 37.0. The average Bonchev–Trinajstić information content (AvgIpc) is 3.18. The predicted molar refractivity (Wildman–Crippen MR) is 243 cm³/mol. The van der Waals surface area contributed by atoms with Gasteiger partial charge in [-0.05, 0) is 83.5 Å². The molecular formula is C50H86NO7+. The zero-order chi connectivity index (χ0) is 42.8. The Morgan fingerprint density at radius 1 is 0.534 bits per heavy atom. The molecular weight excluding hydrogens is 727 g/mol. The van der Waals surface area contributed by atoms with Crippen molar-refractivity contribution < 1.29 is 38.2 Å². The number of aliphatic carboxylic acids is 1. The van der Waals surface area contributed by atoms with E-state index < -0.39 is 18.1 Å². The van der Waals surface area contributed by atoms with E-state index in [1.54, 1.807) is 0 Å². The molecule has 8 nitrogen and oxygen atoms in total. The number of ether oxygens (including phenoxy) is 3. The van der Waals surface area contributed by atoms with Gasteiger partial charge in [-0.1, -0.05) is 145 Å². The SMILES string of the molecule is CC/C=C/C/C=C/C/C=C/C/C=C/C/C=C/CCCCCC(=O)OC(COCCC(C(=O)O)[N+](C)(C)C)COC(=O)CCCCCCCCC/C=C/CCCCCC. The Morgan fingerprint density at radius 3 is 1.47 bits per heavy atom. The molecule has 2 atom stereocenters. The molecule has 0 aliphatic carbocycles. The minimum absolute atomic E-state index is 0.0430. The van der Waals surface area contributed by atoms with Crippen LogP contribution in [0.15, 0.2) is 72.9 Å². The zero-order valence-corrected chi connectivity index (χ0v) is 37.7. The van der Waals surface area contributed by atoms with Crippen molar-refractivity contribution in [1.29, 1.82) is 0 Å². The van der Waals surface area contributed by atoms with E-state index in [9.17, 15) is 19.5 Å². The molecule has 0 aromatic heterocycles. The molecule has 0 bridgehead atoms. The molecule has 0 radical (unpaired) electrons. The van der Waals surface area contributed by atoms with Crippen molar-refractivity contribution in [2.24, 2.45) is 0 Å². The molecule has 332 valence electrons. The lowest BCUT2D eigenvalue weighted by atomic mass is 10.1. The van der Waals surface area contributed by atoms with Gasteiger partial charge in [0.05, 0.1) is 34.4 Å². The summed E-state index contributed by atoms with van der Waals surface area (Å²) in [6.07, 6.45) is 50.8. The lowest BCUT2D eigenvalue weighted by Gasteiger charge is -2.31. The molecule has 2 unspecified atom stereocenters. The summed E-state index contributed by atoms with van der Waals surface area (Å²) < 4.78 is 17.3. The van der Waals surface area contributed by atoms with Gasteiger partial charge in [0.1, 0.15) is 6.61 Å². The van der Waals surface area contributed by atoms with Gasteiger partial charge < -0.3 is 23.8 Å². The van der Waals surface area contributed by atoms with E-state index in [0.717, 1.165) is 77.0 Å². The topological polar surface area (TPSA) is 99.1 Å². The number of esters is 2. The molecule has 0 rings (SSSR count). The Kier molecular flexibility index (Phi) is 38.3.